The van der Waals surface area contributed by atoms with Crippen LogP contribution >= 0.6 is 11.3 Å². The normalized spacial score (nSPS) is 18.3. The highest BCUT2D eigenvalue weighted by atomic mass is 32.1. The molecule has 0 bridgehead atoms. The Labute approximate surface area is 126 Å². The molecule has 112 valence electrons. The minimum Gasteiger partial charge on any atom is -0.397 e. The number of carbonyl (C=O) groups excluding carboxylic acids is 1. The molecule has 2 aromatic heterocycles. The quantitative estimate of drug-likeness (QED) is 0.900. The third-order valence-corrected chi connectivity index (χ3v) is 5.01. The van der Waals surface area contributed by atoms with Crippen molar-refractivity contribution in [1.82, 2.24) is 15.5 Å². The van der Waals surface area contributed by atoms with Gasteiger partial charge in [0.05, 0.1) is 18.0 Å². The summed E-state index contributed by atoms with van der Waals surface area (Å²) in [6, 6.07) is 0. The van der Waals surface area contributed by atoms with Gasteiger partial charge >= 0.3 is 0 Å². The fourth-order valence-corrected chi connectivity index (χ4v) is 3.49. The maximum absolute atomic E-state index is 12.3. The first-order valence-corrected chi connectivity index (χ1v) is 7.77. The monoisotopic (exact) mass is 306 g/mol. The fraction of sp³-hybridized carbons (Fsp3) is 0.500. The first kappa shape index (κ1) is 14.2. The van der Waals surface area contributed by atoms with Crippen molar-refractivity contribution in [3.63, 3.8) is 0 Å². The number of anilines is 1. The van der Waals surface area contributed by atoms with Crippen molar-refractivity contribution in [3.8, 4) is 0 Å². The van der Waals surface area contributed by atoms with Gasteiger partial charge in [0.15, 0.2) is 0 Å². The van der Waals surface area contributed by atoms with Crippen LogP contribution < -0.4 is 11.1 Å². The molecule has 1 saturated heterocycles. The van der Waals surface area contributed by atoms with E-state index in [2.05, 4.69) is 15.5 Å². The highest BCUT2D eigenvalue weighted by Crippen LogP contribution is 2.34. The predicted molar refractivity (Wildman–Crippen MR) is 82.6 cm³/mol. The summed E-state index contributed by atoms with van der Waals surface area (Å²) in [4.78, 5) is 13.6. The van der Waals surface area contributed by atoms with Crippen molar-refractivity contribution in [2.45, 2.75) is 20.3 Å². The molecule has 1 amide bonds. The third-order valence-electron chi connectivity index (χ3n) is 3.92. The zero-order valence-corrected chi connectivity index (χ0v) is 12.9. The third kappa shape index (κ3) is 2.58. The van der Waals surface area contributed by atoms with Crippen LogP contribution in [0.5, 0.6) is 0 Å². The van der Waals surface area contributed by atoms with Gasteiger partial charge in [0.2, 0.25) is 0 Å². The molecule has 6 nitrogen and oxygen atoms in total. The van der Waals surface area contributed by atoms with Crippen LogP contribution in [0, 0.1) is 19.8 Å². The summed E-state index contributed by atoms with van der Waals surface area (Å²) < 4.78 is 5.30. The van der Waals surface area contributed by atoms with Crippen LogP contribution in [0.25, 0.3) is 10.2 Å². The van der Waals surface area contributed by atoms with E-state index >= 15 is 0 Å². The number of fused-ring (bicyclic) bond motifs is 1. The number of rotatable bonds is 3. The standard InChI is InChI=1S/C14H18N4O2S/c1-7-8(2)17-18-14-10(7)11(15)12(21-14)13(19)16-5-9-3-4-20-6-9/h9H,3-6,15H2,1-2H3,(H,16,19). The molecule has 0 aliphatic carbocycles. The summed E-state index contributed by atoms with van der Waals surface area (Å²) in [6.07, 6.45) is 0.992. The van der Waals surface area contributed by atoms with E-state index in [1.807, 2.05) is 13.8 Å². The van der Waals surface area contributed by atoms with Gasteiger partial charge in [-0.05, 0) is 25.8 Å². The van der Waals surface area contributed by atoms with Gasteiger partial charge in [-0.25, -0.2) is 0 Å². The van der Waals surface area contributed by atoms with Gasteiger partial charge in [-0.15, -0.1) is 16.4 Å². The lowest BCUT2D eigenvalue weighted by Gasteiger charge is -2.08. The van der Waals surface area contributed by atoms with E-state index in [1.54, 1.807) is 0 Å². The molecule has 1 aliphatic heterocycles. The number of carbonyl (C=O) groups is 1. The van der Waals surface area contributed by atoms with Gasteiger partial charge < -0.3 is 15.8 Å². The van der Waals surface area contributed by atoms with Crippen LogP contribution in [-0.2, 0) is 4.74 Å². The molecule has 1 fully saturated rings. The summed E-state index contributed by atoms with van der Waals surface area (Å²) >= 11 is 1.30. The van der Waals surface area contributed by atoms with E-state index in [1.165, 1.54) is 11.3 Å². The molecule has 21 heavy (non-hydrogen) atoms. The summed E-state index contributed by atoms with van der Waals surface area (Å²) in [5, 5.41) is 12.0. The number of hydrogen-bond donors (Lipinski definition) is 2. The highest BCUT2D eigenvalue weighted by Gasteiger charge is 2.21. The van der Waals surface area contributed by atoms with Gasteiger partial charge in [-0.1, -0.05) is 0 Å². The average molecular weight is 306 g/mol. The molecule has 1 aliphatic rings. The maximum atomic E-state index is 12.3. The maximum Gasteiger partial charge on any atom is 0.263 e. The summed E-state index contributed by atoms with van der Waals surface area (Å²) in [5.74, 6) is 0.257. The number of aromatic nitrogens is 2. The van der Waals surface area contributed by atoms with Crippen molar-refractivity contribution in [3.05, 3.63) is 16.1 Å². The van der Waals surface area contributed by atoms with Crippen LogP contribution in [0.1, 0.15) is 27.3 Å². The lowest BCUT2D eigenvalue weighted by molar-refractivity contribution is 0.0950. The summed E-state index contributed by atoms with van der Waals surface area (Å²) in [6.45, 7) is 5.95. The Balaban J connectivity index is 1.84. The number of amides is 1. The fourth-order valence-electron chi connectivity index (χ4n) is 2.47. The number of thiophene rings is 1. The van der Waals surface area contributed by atoms with Crippen LogP contribution in [0.3, 0.4) is 0 Å². The van der Waals surface area contributed by atoms with Crippen LogP contribution in [0.15, 0.2) is 0 Å². The van der Waals surface area contributed by atoms with Crippen molar-refractivity contribution in [1.29, 1.82) is 0 Å². The number of nitrogens with zero attached hydrogens (tertiary/aromatic N) is 2. The van der Waals surface area contributed by atoms with Crippen molar-refractivity contribution in [2.24, 2.45) is 5.92 Å². The molecular weight excluding hydrogens is 288 g/mol. The molecular formula is C14H18N4O2S. The molecule has 3 heterocycles. The number of nitrogen functional groups attached to an aromatic ring is 1. The number of ether oxygens (including phenoxy) is 1. The number of aryl methyl sites for hydroxylation is 2. The lowest BCUT2D eigenvalue weighted by Crippen LogP contribution is -2.29. The number of nitrogens with one attached hydrogen (secondary N) is 1. The Kier molecular flexibility index (Phi) is 3.77. The smallest absolute Gasteiger partial charge is 0.263 e. The van der Waals surface area contributed by atoms with Crippen molar-refractivity contribution in [2.75, 3.05) is 25.5 Å². The first-order valence-electron chi connectivity index (χ1n) is 6.95. The first-order chi connectivity index (χ1) is 10.1. The topological polar surface area (TPSA) is 90.1 Å². The molecule has 1 atom stereocenters. The van der Waals surface area contributed by atoms with Gasteiger partial charge in [0.25, 0.3) is 5.91 Å². The highest BCUT2D eigenvalue weighted by molar-refractivity contribution is 7.21. The molecule has 2 aromatic rings. The predicted octanol–water partition coefficient (Wildman–Crippen LogP) is 1.66. The Hall–Kier alpha value is -1.73. The zero-order valence-electron chi connectivity index (χ0n) is 12.1. The van der Waals surface area contributed by atoms with Gasteiger partial charge in [0, 0.05) is 24.5 Å². The van der Waals surface area contributed by atoms with E-state index in [-0.39, 0.29) is 5.91 Å². The molecule has 7 heteroatoms. The van der Waals surface area contributed by atoms with Crippen molar-refractivity contribution < 1.29 is 9.53 Å². The van der Waals surface area contributed by atoms with Crippen molar-refractivity contribution >= 4 is 33.1 Å². The molecule has 0 saturated carbocycles. The summed E-state index contributed by atoms with van der Waals surface area (Å²) in [5.41, 5.74) is 8.47. The van der Waals surface area contributed by atoms with Crippen LogP contribution in [-0.4, -0.2) is 35.9 Å². The zero-order chi connectivity index (χ0) is 15.0. The average Bonchev–Trinajstić information content (AvgIpc) is 3.09. The second-order valence-electron chi connectivity index (χ2n) is 5.38. The van der Waals surface area contributed by atoms with Gasteiger partial charge in [0.1, 0.15) is 9.71 Å². The minimum absolute atomic E-state index is 0.139. The lowest BCUT2D eigenvalue weighted by atomic mass is 10.1. The molecule has 3 rings (SSSR count). The molecule has 0 radical (unpaired) electrons. The molecule has 0 aromatic carbocycles. The van der Waals surface area contributed by atoms with E-state index in [0.717, 1.165) is 29.7 Å². The Morgan fingerprint density at radius 2 is 2.29 bits per heavy atom. The van der Waals surface area contributed by atoms with E-state index < -0.39 is 0 Å². The van der Waals surface area contributed by atoms with E-state index in [0.29, 0.717) is 34.5 Å². The van der Waals surface area contributed by atoms with E-state index in [9.17, 15) is 4.79 Å². The summed E-state index contributed by atoms with van der Waals surface area (Å²) in [7, 11) is 0. The SMILES string of the molecule is Cc1nnc2sc(C(=O)NCC3CCOC3)c(N)c2c1C. The van der Waals surface area contributed by atoms with Crippen LogP contribution in [0.4, 0.5) is 5.69 Å². The second kappa shape index (κ2) is 5.57. The van der Waals surface area contributed by atoms with Crippen LogP contribution in [0.2, 0.25) is 0 Å². The Morgan fingerprint density at radius 3 is 3.00 bits per heavy atom. The Morgan fingerprint density at radius 1 is 1.48 bits per heavy atom. The number of nitrogens with two attached hydrogens (primary N) is 1. The molecule has 1 unspecified atom stereocenters. The number of hydrogen-bond acceptors (Lipinski definition) is 6. The van der Waals surface area contributed by atoms with E-state index in [4.69, 9.17) is 10.5 Å². The minimum atomic E-state index is -0.139. The van der Waals surface area contributed by atoms with Gasteiger partial charge in [-0.3, -0.25) is 4.79 Å². The molecule has 0 spiro atoms. The van der Waals surface area contributed by atoms with Gasteiger partial charge in [-0.2, -0.15) is 5.10 Å². The largest absolute Gasteiger partial charge is 0.397 e. The molecule has 3 N–H and O–H groups in total. The second-order valence-corrected chi connectivity index (χ2v) is 6.37. The Bertz CT molecular complexity index is 692.